The van der Waals surface area contributed by atoms with Crippen LogP contribution in [0.15, 0.2) is 45.5 Å². The van der Waals surface area contributed by atoms with E-state index in [1.165, 1.54) is 18.4 Å². The third kappa shape index (κ3) is 2.17. The Bertz CT molecular complexity index is 511. The van der Waals surface area contributed by atoms with Gasteiger partial charge in [-0.3, -0.25) is 0 Å². The maximum absolute atomic E-state index is 10.2. The minimum atomic E-state index is -0.701. The quantitative estimate of drug-likeness (QED) is 0.928. The van der Waals surface area contributed by atoms with Crippen molar-refractivity contribution in [2.24, 2.45) is 0 Å². The molecule has 0 amide bonds. The molecule has 1 N–H and O–H groups in total. The molecule has 3 rings (SSSR count). The second kappa shape index (κ2) is 4.31. The van der Waals surface area contributed by atoms with E-state index in [1.807, 2.05) is 12.1 Å². The molecule has 0 radical (unpaired) electrons. The fourth-order valence-electron chi connectivity index (χ4n) is 2.02. The first-order chi connectivity index (χ1) is 8.25. The predicted molar refractivity (Wildman–Crippen MR) is 68.9 cm³/mol. The SMILES string of the molecule is OC(c1ccc(C2CC2)cc1)c1occc1Br. The molecule has 17 heavy (non-hydrogen) atoms. The van der Waals surface area contributed by atoms with E-state index >= 15 is 0 Å². The summed E-state index contributed by atoms with van der Waals surface area (Å²) >= 11 is 3.36. The van der Waals surface area contributed by atoms with Gasteiger partial charge in [0.2, 0.25) is 0 Å². The number of hydrogen-bond donors (Lipinski definition) is 1. The van der Waals surface area contributed by atoms with Crippen molar-refractivity contribution in [1.29, 1.82) is 0 Å². The van der Waals surface area contributed by atoms with Crippen LogP contribution in [0.4, 0.5) is 0 Å². The molecule has 2 nitrogen and oxygen atoms in total. The lowest BCUT2D eigenvalue weighted by atomic mass is 10.0. The van der Waals surface area contributed by atoms with E-state index in [-0.39, 0.29) is 0 Å². The van der Waals surface area contributed by atoms with Crippen LogP contribution in [0, 0.1) is 0 Å². The monoisotopic (exact) mass is 292 g/mol. The number of furan rings is 1. The van der Waals surface area contributed by atoms with Crippen LogP contribution in [0.3, 0.4) is 0 Å². The van der Waals surface area contributed by atoms with Gasteiger partial charge in [-0.05, 0) is 51.9 Å². The third-order valence-electron chi connectivity index (χ3n) is 3.19. The van der Waals surface area contributed by atoms with E-state index < -0.39 is 6.10 Å². The highest BCUT2D eigenvalue weighted by atomic mass is 79.9. The predicted octanol–water partition coefficient (Wildman–Crippen LogP) is 4.00. The van der Waals surface area contributed by atoms with Crippen molar-refractivity contribution >= 4 is 15.9 Å². The molecule has 1 fully saturated rings. The average molecular weight is 293 g/mol. The first-order valence-electron chi connectivity index (χ1n) is 5.76. The van der Waals surface area contributed by atoms with Gasteiger partial charge in [0.1, 0.15) is 6.10 Å². The Hall–Kier alpha value is -1.06. The van der Waals surface area contributed by atoms with Gasteiger partial charge in [0.05, 0.1) is 10.7 Å². The van der Waals surface area contributed by atoms with E-state index in [1.54, 1.807) is 12.3 Å². The van der Waals surface area contributed by atoms with Gasteiger partial charge in [0.15, 0.2) is 5.76 Å². The summed E-state index contributed by atoms with van der Waals surface area (Å²) in [5, 5.41) is 10.2. The number of hydrogen-bond acceptors (Lipinski definition) is 2. The maximum atomic E-state index is 10.2. The van der Waals surface area contributed by atoms with E-state index in [9.17, 15) is 5.11 Å². The zero-order chi connectivity index (χ0) is 11.8. The first-order valence-corrected chi connectivity index (χ1v) is 6.56. The lowest BCUT2D eigenvalue weighted by Gasteiger charge is -2.09. The summed E-state index contributed by atoms with van der Waals surface area (Å²) in [6.45, 7) is 0. The van der Waals surface area contributed by atoms with Gasteiger partial charge in [-0.15, -0.1) is 0 Å². The van der Waals surface area contributed by atoms with Crippen molar-refractivity contribution in [2.75, 3.05) is 0 Å². The molecule has 1 heterocycles. The van der Waals surface area contributed by atoms with Crippen molar-refractivity contribution in [1.82, 2.24) is 0 Å². The molecule has 0 bridgehead atoms. The molecule has 2 aromatic rings. The molecular weight excluding hydrogens is 280 g/mol. The Morgan fingerprint density at radius 2 is 1.88 bits per heavy atom. The van der Waals surface area contributed by atoms with Gasteiger partial charge in [-0.2, -0.15) is 0 Å². The highest BCUT2D eigenvalue weighted by Crippen LogP contribution is 2.40. The summed E-state index contributed by atoms with van der Waals surface area (Å²) in [6.07, 6.45) is 3.46. The van der Waals surface area contributed by atoms with Gasteiger partial charge in [-0.25, -0.2) is 0 Å². The Morgan fingerprint density at radius 1 is 1.18 bits per heavy atom. The lowest BCUT2D eigenvalue weighted by Crippen LogP contribution is -1.98. The van der Waals surface area contributed by atoms with Gasteiger partial charge in [0, 0.05) is 0 Å². The zero-order valence-corrected chi connectivity index (χ0v) is 10.9. The van der Waals surface area contributed by atoms with Crippen LogP contribution in [0.25, 0.3) is 0 Å². The second-order valence-corrected chi connectivity index (χ2v) is 5.33. The number of rotatable bonds is 3. The van der Waals surface area contributed by atoms with Crippen LogP contribution >= 0.6 is 15.9 Å². The van der Waals surface area contributed by atoms with Crippen LogP contribution in [0.1, 0.15) is 41.8 Å². The third-order valence-corrected chi connectivity index (χ3v) is 3.85. The fraction of sp³-hybridized carbons (Fsp3) is 0.286. The molecule has 0 spiro atoms. The van der Waals surface area contributed by atoms with Crippen molar-refractivity contribution < 1.29 is 9.52 Å². The van der Waals surface area contributed by atoms with Crippen LogP contribution in [0.2, 0.25) is 0 Å². The van der Waals surface area contributed by atoms with Crippen LogP contribution in [0.5, 0.6) is 0 Å². The van der Waals surface area contributed by atoms with E-state index in [0.29, 0.717) is 5.76 Å². The summed E-state index contributed by atoms with van der Waals surface area (Å²) in [6, 6.07) is 9.96. The van der Waals surface area contributed by atoms with Crippen LogP contribution < -0.4 is 0 Å². The molecule has 0 aliphatic heterocycles. The highest BCUT2D eigenvalue weighted by Gasteiger charge is 2.24. The van der Waals surface area contributed by atoms with Crippen molar-refractivity contribution in [3.63, 3.8) is 0 Å². The highest BCUT2D eigenvalue weighted by molar-refractivity contribution is 9.10. The largest absolute Gasteiger partial charge is 0.465 e. The van der Waals surface area contributed by atoms with Gasteiger partial charge >= 0.3 is 0 Å². The summed E-state index contributed by atoms with van der Waals surface area (Å²) in [7, 11) is 0. The number of aliphatic hydroxyl groups is 1. The molecular formula is C14H13BrO2. The molecule has 1 aromatic carbocycles. The lowest BCUT2D eigenvalue weighted by molar-refractivity contribution is 0.188. The summed E-state index contributed by atoms with van der Waals surface area (Å²) in [4.78, 5) is 0. The number of halogens is 1. The second-order valence-electron chi connectivity index (χ2n) is 4.48. The van der Waals surface area contributed by atoms with Gasteiger partial charge in [0.25, 0.3) is 0 Å². The molecule has 0 saturated heterocycles. The molecule has 1 aliphatic rings. The number of benzene rings is 1. The molecule has 3 heteroatoms. The van der Waals surface area contributed by atoms with Gasteiger partial charge in [-0.1, -0.05) is 24.3 Å². The normalized spacial score (nSPS) is 17.1. The fourth-order valence-corrected chi connectivity index (χ4v) is 2.44. The Morgan fingerprint density at radius 3 is 2.41 bits per heavy atom. The molecule has 1 atom stereocenters. The Balaban J connectivity index is 1.86. The summed E-state index contributed by atoms with van der Waals surface area (Å²) in [5.41, 5.74) is 2.24. The zero-order valence-electron chi connectivity index (χ0n) is 9.27. The van der Waals surface area contributed by atoms with Crippen molar-refractivity contribution in [3.05, 3.63) is 58.0 Å². The van der Waals surface area contributed by atoms with Gasteiger partial charge < -0.3 is 9.52 Å². The summed E-state index contributed by atoms with van der Waals surface area (Å²) < 4.78 is 6.08. The smallest absolute Gasteiger partial charge is 0.150 e. The first kappa shape index (κ1) is 11.1. The molecule has 88 valence electrons. The summed E-state index contributed by atoms with van der Waals surface area (Å²) in [5.74, 6) is 1.31. The minimum Gasteiger partial charge on any atom is -0.465 e. The standard InChI is InChI=1S/C14H13BrO2/c15-12-7-8-17-14(12)13(16)11-5-3-10(4-6-11)9-1-2-9/h3-9,13,16H,1-2H2. The molecule has 1 aromatic heterocycles. The maximum Gasteiger partial charge on any atom is 0.150 e. The van der Waals surface area contributed by atoms with E-state index in [0.717, 1.165) is 16.0 Å². The van der Waals surface area contributed by atoms with Crippen LogP contribution in [-0.4, -0.2) is 5.11 Å². The molecule has 1 saturated carbocycles. The Kier molecular flexibility index (Phi) is 2.81. The van der Waals surface area contributed by atoms with E-state index in [4.69, 9.17) is 4.42 Å². The Labute approximate surface area is 108 Å². The molecule has 1 unspecified atom stereocenters. The van der Waals surface area contributed by atoms with Crippen molar-refractivity contribution in [3.8, 4) is 0 Å². The van der Waals surface area contributed by atoms with Crippen molar-refractivity contribution in [2.45, 2.75) is 24.9 Å². The molecule has 1 aliphatic carbocycles. The number of aliphatic hydroxyl groups excluding tert-OH is 1. The van der Waals surface area contributed by atoms with Crippen LogP contribution in [-0.2, 0) is 0 Å². The topological polar surface area (TPSA) is 33.4 Å². The average Bonchev–Trinajstić information content (AvgIpc) is 3.12. The minimum absolute atomic E-state index is 0.559. The van der Waals surface area contributed by atoms with E-state index in [2.05, 4.69) is 28.1 Å².